The van der Waals surface area contributed by atoms with Crippen LogP contribution in [0.15, 0.2) is 18.2 Å². The highest BCUT2D eigenvalue weighted by Crippen LogP contribution is 2.51. The second-order valence-electron chi connectivity index (χ2n) is 7.16. The summed E-state index contributed by atoms with van der Waals surface area (Å²) in [6.45, 7) is 0. The molecule has 1 amide bonds. The van der Waals surface area contributed by atoms with E-state index in [0.29, 0.717) is 18.4 Å². The van der Waals surface area contributed by atoms with Crippen LogP contribution in [0.2, 0.25) is 0 Å². The minimum atomic E-state index is -2.50. The summed E-state index contributed by atoms with van der Waals surface area (Å²) in [5.41, 5.74) is -1.15. The highest BCUT2D eigenvalue weighted by molar-refractivity contribution is 6.02. The molecule has 8 nitrogen and oxygen atoms in total. The normalized spacial score (nSPS) is 23.1. The van der Waals surface area contributed by atoms with Crippen LogP contribution >= 0.6 is 0 Å². The van der Waals surface area contributed by atoms with Crippen molar-refractivity contribution in [3.8, 4) is 0 Å². The molecule has 1 aliphatic heterocycles. The van der Waals surface area contributed by atoms with Crippen molar-refractivity contribution in [1.82, 2.24) is 0 Å². The predicted octanol–water partition coefficient (Wildman–Crippen LogP) is 2.67. The number of carbonyl (C=O) groups excluding carboxylic acids is 4. The quantitative estimate of drug-likeness (QED) is 0.543. The van der Waals surface area contributed by atoms with Crippen LogP contribution in [-0.2, 0) is 40.4 Å². The van der Waals surface area contributed by atoms with Gasteiger partial charge in [0.15, 0.2) is 11.6 Å². The molecule has 1 N–H and O–H groups in total. The number of hydrogen-bond acceptors (Lipinski definition) is 7. The van der Waals surface area contributed by atoms with Gasteiger partial charge in [-0.25, -0.2) is 18.8 Å². The smallest absolute Gasteiger partial charge is 0.323 e. The molecule has 3 unspecified atom stereocenters. The van der Waals surface area contributed by atoms with E-state index in [-0.39, 0.29) is 17.7 Å². The molecule has 1 heterocycles. The van der Waals surface area contributed by atoms with Gasteiger partial charge in [-0.1, -0.05) is 12.1 Å². The Balaban J connectivity index is 1.94. The molecule has 12 heteroatoms. The van der Waals surface area contributed by atoms with Crippen LogP contribution in [-0.4, -0.2) is 29.5 Å². The summed E-state index contributed by atoms with van der Waals surface area (Å²) in [6.07, 6.45) is 0.415. The van der Waals surface area contributed by atoms with E-state index in [2.05, 4.69) is 20.1 Å². The Labute approximate surface area is 166 Å². The average Bonchev–Trinajstić information content (AvgIpc) is 3.15. The van der Waals surface area contributed by atoms with Crippen LogP contribution in [0.3, 0.4) is 0 Å². The molecule has 1 aromatic rings. The van der Waals surface area contributed by atoms with Crippen LogP contribution in [0.25, 0.3) is 0 Å². The zero-order valence-corrected chi connectivity index (χ0v) is 15.2. The SMILES string of the molecule is O=C(OF)C(Cc1ccc2c(c1)NC(=O)C1(F)CCCC21)C(C(=O)OF)C(=O)OF. The molecule has 3 rings (SSSR count). The van der Waals surface area contributed by atoms with Gasteiger partial charge >= 0.3 is 17.9 Å². The number of alkyl halides is 1. The first-order valence-corrected chi connectivity index (χ1v) is 8.87. The van der Waals surface area contributed by atoms with E-state index in [1.165, 1.54) is 18.2 Å². The summed E-state index contributed by atoms with van der Waals surface area (Å²) in [5, 5.41) is 2.42. The maximum absolute atomic E-state index is 15.0. The van der Waals surface area contributed by atoms with E-state index in [1.807, 2.05) is 0 Å². The number of amides is 1. The lowest BCUT2D eigenvalue weighted by molar-refractivity contribution is -0.215. The van der Waals surface area contributed by atoms with Gasteiger partial charge in [0.25, 0.3) is 5.91 Å². The summed E-state index contributed by atoms with van der Waals surface area (Å²) >= 11 is 0. The molecule has 3 atom stereocenters. The van der Waals surface area contributed by atoms with Gasteiger partial charge in [-0.05, 0) is 42.9 Å². The van der Waals surface area contributed by atoms with Crippen molar-refractivity contribution in [2.75, 3.05) is 5.32 Å². The van der Waals surface area contributed by atoms with E-state index in [4.69, 9.17) is 0 Å². The van der Waals surface area contributed by atoms with Gasteiger partial charge in [0.2, 0.25) is 0 Å². The Morgan fingerprint density at radius 1 is 1.10 bits per heavy atom. The number of halogens is 4. The van der Waals surface area contributed by atoms with Crippen LogP contribution < -0.4 is 5.32 Å². The number of carbonyl (C=O) groups is 4. The lowest BCUT2D eigenvalue weighted by Crippen LogP contribution is -2.44. The van der Waals surface area contributed by atoms with E-state index in [0.717, 1.165) is 0 Å². The number of nitrogens with one attached hydrogen (secondary N) is 1. The summed E-state index contributed by atoms with van der Waals surface area (Å²) in [6, 6.07) is 4.18. The van der Waals surface area contributed by atoms with Crippen molar-refractivity contribution in [3.63, 3.8) is 0 Å². The molecule has 1 fully saturated rings. The molecular weight excluding hydrogens is 418 g/mol. The molecule has 0 saturated heterocycles. The van der Waals surface area contributed by atoms with Crippen molar-refractivity contribution in [2.45, 2.75) is 37.3 Å². The number of anilines is 1. The van der Waals surface area contributed by atoms with Gasteiger partial charge in [-0.15, -0.1) is 0 Å². The van der Waals surface area contributed by atoms with E-state index < -0.39 is 53.7 Å². The lowest BCUT2D eigenvalue weighted by Gasteiger charge is -2.33. The molecule has 162 valence electrons. The summed E-state index contributed by atoms with van der Waals surface area (Å²) < 4.78 is 52.1. The Morgan fingerprint density at radius 3 is 2.33 bits per heavy atom. The van der Waals surface area contributed by atoms with Crippen LogP contribution in [0.1, 0.15) is 36.3 Å². The minimum absolute atomic E-state index is 0.0769. The second kappa shape index (κ2) is 8.28. The van der Waals surface area contributed by atoms with Gasteiger partial charge < -0.3 is 5.32 Å². The topological polar surface area (TPSA) is 108 Å². The first kappa shape index (κ1) is 21.5. The van der Waals surface area contributed by atoms with E-state index in [1.54, 1.807) is 0 Å². The van der Waals surface area contributed by atoms with Crippen molar-refractivity contribution >= 4 is 29.5 Å². The van der Waals surface area contributed by atoms with Gasteiger partial charge in [0.1, 0.15) is 0 Å². The molecule has 2 aliphatic rings. The highest BCUT2D eigenvalue weighted by atomic mass is 19.3. The summed E-state index contributed by atoms with van der Waals surface area (Å²) in [7, 11) is 0. The van der Waals surface area contributed by atoms with Crippen molar-refractivity contribution in [3.05, 3.63) is 29.3 Å². The third kappa shape index (κ3) is 3.57. The fraction of sp³-hybridized carbons (Fsp3) is 0.444. The van der Waals surface area contributed by atoms with Crippen LogP contribution in [0, 0.1) is 11.8 Å². The molecule has 1 aromatic carbocycles. The van der Waals surface area contributed by atoms with E-state index in [9.17, 15) is 37.1 Å². The fourth-order valence-electron chi connectivity index (χ4n) is 4.18. The van der Waals surface area contributed by atoms with E-state index >= 15 is 0 Å². The zero-order chi connectivity index (χ0) is 22.1. The molecular formula is C18H15F4NO7. The Kier molecular flexibility index (Phi) is 5.94. The van der Waals surface area contributed by atoms with Gasteiger partial charge in [0, 0.05) is 25.2 Å². The number of rotatable bonds is 6. The molecule has 30 heavy (non-hydrogen) atoms. The van der Waals surface area contributed by atoms with Gasteiger partial charge in [-0.3, -0.25) is 19.6 Å². The fourth-order valence-corrected chi connectivity index (χ4v) is 4.18. The molecule has 0 spiro atoms. The first-order chi connectivity index (χ1) is 14.3. The van der Waals surface area contributed by atoms with Gasteiger partial charge in [-0.2, -0.15) is 0 Å². The van der Waals surface area contributed by atoms with Crippen LogP contribution in [0.4, 0.5) is 23.7 Å². The maximum atomic E-state index is 15.0. The van der Waals surface area contributed by atoms with Gasteiger partial charge in [0.05, 0.1) is 5.92 Å². The third-order valence-corrected chi connectivity index (χ3v) is 5.60. The summed E-state index contributed by atoms with van der Waals surface area (Å²) in [4.78, 5) is 55.8. The Bertz CT molecular complexity index is 879. The summed E-state index contributed by atoms with van der Waals surface area (Å²) in [5.74, 6) is -11.8. The van der Waals surface area contributed by atoms with Crippen LogP contribution in [0.5, 0.6) is 0 Å². The standard InChI is InChI=1S/C18H15F4NO7/c19-18-5-1-2-11(18)9-4-3-8(7-12(9)23-17(18)27)6-10(14(24)28-20)13(15(25)29-21)16(26)30-22/h3-4,7,10-11,13H,1-2,5-6H2,(H,23,27). The lowest BCUT2D eigenvalue weighted by atomic mass is 9.80. The second-order valence-corrected chi connectivity index (χ2v) is 7.16. The molecule has 0 bridgehead atoms. The average molecular weight is 433 g/mol. The zero-order valence-electron chi connectivity index (χ0n) is 15.2. The first-order valence-electron chi connectivity index (χ1n) is 8.87. The predicted molar refractivity (Wildman–Crippen MR) is 87.8 cm³/mol. The molecule has 0 radical (unpaired) electrons. The number of benzene rings is 1. The highest BCUT2D eigenvalue weighted by Gasteiger charge is 2.53. The molecule has 1 aliphatic carbocycles. The number of hydrogen-bond donors (Lipinski definition) is 1. The Hall–Kier alpha value is -3.18. The van der Waals surface area contributed by atoms with Crippen molar-refractivity contribution in [1.29, 1.82) is 0 Å². The minimum Gasteiger partial charge on any atom is -0.323 e. The Morgan fingerprint density at radius 2 is 1.73 bits per heavy atom. The van der Waals surface area contributed by atoms with Crippen molar-refractivity contribution < 1.29 is 52.0 Å². The third-order valence-electron chi connectivity index (χ3n) is 5.60. The van der Waals surface area contributed by atoms with Crippen molar-refractivity contribution in [2.24, 2.45) is 11.8 Å². The number of fused-ring (bicyclic) bond motifs is 3. The maximum Gasteiger partial charge on any atom is 0.364 e. The monoisotopic (exact) mass is 433 g/mol. The largest absolute Gasteiger partial charge is 0.364 e. The molecule has 0 aromatic heterocycles. The molecule has 1 saturated carbocycles.